The van der Waals surface area contributed by atoms with Crippen molar-refractivity contribution in [2.45, 2.75) is 38.7 Å². The summed E-state index contributed by atoms with van der Waals surface area (Å²) in [7, 11) is 0. The van der Waals surface area contributed by atoms with Crippen molar-refractivity contribution in [1.82, 2.24) is 9.80 Å². The van der Waals surface area contributed by atoms with Gasteiger partial charge >= 0.3 is 0 Å². The lowest BCUT2D eigenvalue weighted by Crippen LogP contribution is -2.54. The second-order valence-corrected chi connectivity index (χ2v) is 6.76. The van der Waals surface area contributed by atoms with Crippen LogP contribution in [0.25, 0.3) is 0 Å². The fourth-order valence-electron chi connectivity index (χ4n) is 3.04. The number of aliphatic hydroxyl groups is 1. The Balaban J connectivity index is 2.00. The number of β-amino-alcohol motifs (C(OH)–C–C–N with tert-alkyl or cyclic N) is 1. The molecule has 0 unspecified atom stereocenters. The summed E-state index contributed by atoms with van der Waals surface area (Å²) in [5, 5.41) is 9.73. The van der Waals surface area contributed by atoms with Crippen LogP contribution in [0, 0.1) is 5.82 Å². The van der Waals surface area contributed by atoms with Crippen molar-refractivity contribution in [2.75, 3.05) is 32.7 Å². The van der Waals surface area contributed by atoms with Crippen LogP contribution in [0.15, 0.2) is 24.3 Å². The first-order valence-corrected chi connectivity index (χ1v) is 8.31. The predicted molar refractivity (Wildman–Crippen MR) is 88.7 cm³/mol. The minimum absolute atomic E-state index is 0.0433. The number of amides is 1. The van der Waals surface area contributed by atoms with Gasteiger partial charge in [-0.25, -0.2) is 4.39 Å². The minimum Gasteiger partial charge on any atom is -0.392 e. The van der Waals surface area contributed by atoms with Gasteiger partial charge < -0.3 is 10.0 Å². The maximum atomic E-state index is 14.1. The number of benzene rings is 1. The van der Waals surface area contributed by atoms with Crippen LogP contribution in [0.1, 0.15) is 32.8 Å². The number of hydrogen-bond donors (Lipinski definition) is 1. The molecule has 0 saturated carbocycles. The summed E-state index contributed by atoms with van der Waals surface area (Å²) in [6.45, 7) is 8.89. The summed E-state index contributed by atoms with van der Waals surface area (Å²) in [5.41, 5.74) is -0.440. The van der Waals surface area contributed by atoms with Gasteiger partial charge in [0.25, 0.3) is 0 Å². The monoisotopic (exact) mass is 322 g/mol. The van der Waals surface area contributed by atoms with Crippen molar-refractivity contribution in [1.29, 1.82) is 0 Å². The molecule has 0 spiro atoms. The summed E-state index contributed by atoms with van der Waals surface area (Å²) in [4.78, 5) is 16.8. The molecule has 0 aromatic heterocycles. The van der Waals surface area contributed by atoms with E-state index in [9.17, 15) is 14.3 Å². The van der Waals surface area contributed by atoms with Crippen molar-refractivity contribution in [3.8, 4) is 0 Å². The molecule has 1 aliphatic rings. The molecule has 1 fully saturated rings. The van der Waals surface area contributed by atoms with E-state index in [1.54, 1.807) is 36.9 Å². The number of piperazine rings is 1. The summed E-state index contributed by atoms with van der Waals surface area (Å²) in [5.74, 6) is -0.381. The van der Waals surface area contributed by atoms with Crippen molar-refractivity contribution < 1.29 is 14.3 Å². The second kappa shape index (κ2) is 7.41. The molecule has 1 N–H and O–H groups in total. The highest BCUT2D eigenvalue weighted by Gasteiger charge is 2.36. The van der Waals surface area contributed by atoms with E-state index in [1.165, 1.54) is 6.07 Å². The zero-order valence-electron chi connectivity index (χ0n) is 14.3. The fourth-order valence-corrected chi connectivity index (χ4v) is 3.04. The molecular weight excluding hydrogens is 295 g/mol. The Labute approximate surface area is 137 Å². The molecule has 23 heavy (non-hydrogen) atoms. The van der Waals surface area contributed by atoms with Crippen LogP contribution in [0.4, 0.5) is 4.39 Å². The largest absolute Gasteiger partial charge is 0.392 e. The highest BCUT2D eigenvalue weighted by atomic mass is 19.1. The van der Waals surface area contributed by atoms with E-state index in [4.69, 9.17) is 0 Å². The molecule has 0 bridgehead atoms. The SMILES string of the molecule is CC[C@H](O)CN1CCN(C(=O)C(C)(C)c2ccccc2F)CC1. The molecule has 1 aromatic rings. The summed E-state index contributed by atoms with van der Waals surface area (Å²) < 4.78 is 14.1. The predicted octanol–water partition coefficient (Wildman–Crippen LogP) is 2.02. The Kier molecular flexibility index (Phi) is 5.76. The van der Waals surface area contributed by atoms with Gasteiger partial charge in [0.2, 0.25) is 5.91 Å². The number of hydrogen-bond acceptors (Lipinski definition) is 3. The van der Waals surface area contributed by atoms with Gasteiger partial charge in [-0.1, -0.05) is 25.1 Å². The Bertz CT molecular complexity index is 540. The lowest BCUT2D eigenvalue weighted by Gasteiger charge is -2.39. The van der Waals surface area contributed by atoms with Gasteiger partial charge in [0.15, 0.2) is 0 Å². The number of nitrogens with zero attached hydrogens (tertiary/aromatic N) is 2. The first-order chi connectivity index (χ1) is 10.9. The van der Waals surface area contributed by atoms with E-state index in [2.05, 4.69) is 4.90 Å². The van der Waals surface area contributed by atoms with Gasteiger partial charge in [0, 0.05) is 38.3 Å². The van der Waals surface area contributed by atoms with Crippen molar-refractivity contribution in [3.05, 3.63) is 35.6 Å². The average molecular weight is 322 g/mol. The Morgan fingerprint density at radius 1 is 1.26 bits per heavy atom. The Morgan fingerprint density at radius 3 is 2.43 bits per heavy atom. The molecule has 0 aliphatic carbocycles. The van der Waals surface area contributed by atoms with Gasteiger partial charge in [-0.2, -0.15) is 0 Å². The maximum Gasteiger partial charge on any atom is 0.232 e. The Morgan fingerprint density at radius 2 is 1.87 bits per heavy atom. The number of halogens is 1. The molecule has 128 valence electrons. The van der Waals surface area contributed by atoms with E-state index in [0.29, 0.717) is 25.2 Å². The number of carbonyl (C=O) groups excluding carboxylic acids is 1. The lowest BCUT2D eigenvalue weighted by molar-refractivity contribution is -0.138. The smallest absolute Gasteiger partial charge is 0.232 e. The van der Waals surface area contributed by atoms with Crippen LogP contribution in [-0.4, -0.2) is 59.6 Å². The Hall–Kier alpha value is -1.46. The molecule has 1 aliphatic heterocycles. The third kappa shape index (κ3) is 4.09. The molecule has 5 heteroatoms. The molecule has 0 radical (unpaired) electrons. The first kappa shape index (κ1) is 17.9. The maximum absolute atomic E-state index is 14.1. The van der Waals surface area contributed by atoms with Crippen molar-refractivity contribution in [3.63, 3.8) is 0 Å². The van der Waals surface area contributed by atoms with Gasteiger partial charge in [-0.3, -0.25) is 9.69 Å². The third-order valence-corrected chi connectivity index (χ3v) is 4.68. The van der Waals surface area contributed by atoms with Crippen molar-refractivity contribution >= 4 is 5.91 Å². The van der Waals surface area contributed by atoms with Crippen molar-refractivity contribution in [2.24, 2.45) is 0 Å². The molecular formula is C18H27FN2O2. The van der Waals surface area contributed by atoms with E-state index in [-0.39, 0.29) is 17.8 Å². The molecule has 1 aromatic carbocycles. The van der Waals surface area contributed by atoms with E-state index >= 15 is 0 Å². The highest BCUT2D eigenvalue weighted by Crippen LogP contribution is 2.28. The number of aliphatic hydroxyl groups excluding tert-OH is 1. The lowest BCUT2D eigenvalue weighted by atomic mass is 9.82. The zero-order valence-corrected chi connectivity index (χ0v) is 14.3. The summed E-state index contributed by atoms with van der Waals surface area (Å²) >= 11 is 0. The average Bonchev–Trinajstić information content (AvgIpc) is 2.55. The van der Waals surface area contributed by atoms with Crippen LogP contribution in [0.5, 0.6) is 0 Å². The van der Waals surface area contributed by atoms with Crippen LogP contribution in [0.2, 0.25) is 0 Å². The first-order valence-electron chi connectivity index (χ1n) is 8.31. The fraction of sp³-hybridized carbons (Fsp3) is 0.611. The molecule has 1 saturated heterocycles. The van der Waals surface area contributed by atoms with Gasteiger partial charge in [-0.05, 0) is 26.3 Å². The van der Waals surface area contributed by atoms with E-state index < -0.39 is 5.41 Å². The van der Waals surface area contributed by atoms with Crippen LogP contribution < -0.4 is 0 Å². The van der Waals surface area contributed by atoms with Crippen LogP contribution >= 0.6 is 0 Å². The van der Waals surface area contributed by atoms with Gasteiger partial charge in [0.1, 0.15) is 5.82 Å². The zero-order chi connectivity index (χ0) is 17.0. The molecule has 1 heterocycles. The standard InChI is InChI=1S/C18H27FN2O2/c1-4-14(22)13-20-9-11-21(12-10-20)17(23)18(2,3)15-7-5-6-8-16(15)19/h5-8,14,22H,4,9-13H2,1-3H3/t14-/m0/s1. The van der Waals surface area contributed by atoms with Crippen LogP contribution in [-0.2, 0) is 10.2 Å². The topological polar surface area (TPSA) is 43.8 Å². The van der Waals surface area contributed by atoms with Gasteiger partial charge in [0.05, 0.1) is 11.5 Å². The quantitative estimate of drug-likeness (QED) is 0.902. The number of carbonyl (C=O) groups is 1. The normalized spacial score (nSPS) is 18.0. The molecule has 1 amide bonds. The summed E-state index contributed by atoms with van der Waals surface area (Å²) in [6, 6.07) is 6.48. The van der Waals surface area contributed by atoms with Crippen LogP contribution in [0.3, 0.4) is 0 Å². The number of rotatable bonds is 5. The second-order valence-electron chi connectivity index (χ2n) is 6.76. The highest BCUT2D eigenvalue weighted by molar-refractivity contribution is 5.87. The van der Waals surface area contributed by atoms with E-state index in [1.807, 2.05) is 6.92 Å². The molecule has 1 atom stereocenters. The minimum atomic E-state index is -0.879. The van der Waals surface area contributed by atoms with Gasteiger partial charge in [-0.15, -0.1) is 0 Å². The summed E-state index contributed by atoms with van der Waals surface area (Å²) in [6.07, 6.45) is 0.423. The third-order valence-electron chi connectivity index (χ3n) is 4.68. The molecule has 4 nitrogen and oxygen atoms in total. The molecule has 2 rings (SSSR count). The van der Waals surface area contributed by atoms with E-state index in [0.717, 1.165) is 19.5 Å².